The predicted octanol–water partition coefficient (Wildman–Crippen LogP) is 0.651. The number of rotatable bonds is 6. The van der Waals surface area contributed by atoms with Gasteiger partial charge in [0.15, 0.2) is 12.4 Å². The van der Waals surface area contributed by atoms with Crippen LogP contribution in [-0.4, -0.2) is 36.9 Å². The van der Waals surface area contributed by atoms with Gasteiger partial charge in [-0.25, -0.2) is 4.57 Å². The van der Waals surface area contributed by atoms with E-state index in [4.69, 9.17) is 4.74 Å². The maximum absolute atomic E-state index is 11.5. The van der Waals surface area contributed by atoms with E-state index in [0.717, 1.165) is 10.1 Å². The lowest BCUT2D eigenvalue weighted by atomic mass is 10.1. The summed E-state index contributed by atoms with van der Waals surface area (Å²) in [6.45, 7) is -0.981. The first-order valence-electron chi connectivity index (χ1n) is 6.95. The molecule has 0 aliphatic carbocycles. The summed E-state index contributed by atoms with van der Waals surface area (Å²) in [5.41, 5.74) is 1.36. The van der Waals surface area contributed by atoms with Gasteiger partial charge in [-0.05, 0) is 23.8 Å². The minimum absolute atomic E-state index is 0.615. The van der Waals surface area contributed by atoms with Crippen LogP contribution in [0.25, 0.3) is 11.1 Å². The van der Waals surface area contributed by atoms with E-state index < -0.39 is 26.8 Å². The van der Waals surface area contributed by atoms with Crippen LogP contribution in [0.3, 0.4) is 0 Å². The molecule has 0 bridgehead atoms. The highest BCUT2D eigenvalue weighted by molar-refractivity contribution is 7.72. The molecule has 0 spiro atoms. The molecular weight excluding hydrogens is 372 g/mol. The highest BCUT2D eigenvalue weighted by Gasteiger charge is 2.62. The van der Waals surface area contributed by atoms with Crippen molar-refractivity contribution in [1.82, 2.24) is 0 Å². The Bertz CT molecular complexity index is 820. The molecule has 0 unspecified atom stereocenters. The van der Waals surface area contributed by atoms with Crippen molar-refractivity contribution in [2.75, 3.05) is 7.11 Å². The Hall–Kier alpha value is -1.57. The number of benzene rings is 1. The summed E-state index contributed by atoms with van der Waals surface area (Å²) in [4.78, 5) is 36.9. The van der Waals surface area contributed by atoms with Gasteiger partial charge >= 0.3 is 20.3 Å². The van der Waals surface area contributed by atoms with Gasteiger partial charge in [-0.1, -0.05) is 12.1 Å². The fourth-order valence-electron chi connectivity index (χ4n) is 2.17. The molecule has 1 heterocycles. The van der Waals surface area contributed by atoms with Crippen LogP contribution in [0, 0.1) is 0 Å². The minimum atomic E-state index is -5.52. The molecule has 1 aromatic heterocycles. The Morgan fingerprint density at radius 3 is 2.04 bits per heavy atom. The SMILES string of the molecule is COc1ccc(-c2ccc[n+](CC(O)(P(=O)(O)O)P(=O)(O)O)c2)cc1. The Morgan fingerprint density at radius 2 is 1.56 bits per heavy atom. The average molecular weight is 390 g/mol. The van der Waals surface area contributed by atoms with E-state index in [0.29, 0.717) is 11.3 Å². The number of hydrogen-bond donors (Lipinski definition) is 5. The molecule has 0 amide bonds. The third kappa shape index (κ3) is 4.16. The number of methoxy groups -OCH3 is 1. The topological polar surface area (TPSA) is 148 Å². The summed E-state index contributed by atoms with van der Waals surface area (Å²) in [6, 6.07) is 10.2. The van der Waals surface area contributed by atoms with Gasteiger partial charge in [-0.2, -0.15) is 0 Å². The van der Waals surface area contributed by atoms with E-state index in [1.54, 1.807) is 30.3 Å². The first-order chi connectivity index (χ1) is 11.5. The molecule has 0 aliphatic rings. The fourth-order valence-corrected chi connectivity index (χ4v) is 4.23. The zero-order valence-corrected chi connectivity index (χ0v) is 14.9. The number of hydrogen-bond acceptors (Lipinski definition) is 4. The molecule has 0 saturated carbocycles. The van der Waals surface area contributed by atoms with Gasteiger partial charge in [0.1, 0.15) is 5.75 Å². The molecule has 136 valence electrons. The van der Waals surface area contributed by atoms with Crippen LogP contribution in [0.15, 0.2) is 48.8 Å². The summed E-state index contributed by atoms with van der Waals surface area (Å²) >= 11 is 0. The highest BCUT2D eigenvalue weighted by atomic mass is 31.2. The highest BCUT2D eigenvalue weighted by Crippen LogP contribution is 2.67. The molecule has 0 atom stereocenters. The van der Waals surface area contributed by atoms with Crippen LogP contribution in [0.1, 0.15) is 0 Å². The zero-order valence-electron chi connectivity index (χ0n) is 13.1. The molecule has 0 fully saturated rings. The summed E-state index contributed by atoms with van der Waals surface area (Å²) in [7, 11) is -9.51. The minimum Gasteiger partial charge on any atom is -0.497 e. The quantitative estimate of drug-likeness (QED) is 0.357. The van der Waals surface area contributed by atoms with E-state index in [1.807, 2.05) is 0 Å². The first-order valence-corrected chi connectivity index (χ1v) is 10.2. The van der Waals surface area contributed by atoms with Gasteiger partial charge in [-0.3, -0.25) is 9.13 Å². The van der Waals surface area contributed by atoms with E-state index in [1.165, 1.54) is 25.6 Å². The zero-order chi connectivity index (χ0) is 18.9. The Morgan fingerprint density at radius 1 is 1.00 bits per heavy atom. The van der Waals surface area contributed by atoms with Crippen LogP contribution in [-0.2, 0) is 15.7 Å². The Labute approximate surface area is 143 Å². The van der Waals surface area contributed by atoms with Crippen LogP contribution in [0.4, 0.5) is 0 Å². The second-order valence-corrected chi connectivity index (χ2v) is 9.36. The fraction of sp³-hybridized carbons (Fsp3) is 0.214. The van der Waals surface area contributed by atoms with E-state index >= 15 is 0 Å². The van der Waals surface area contributed by atoms with Crippen molar-refractivity contribution in [2.24, 2.45) is 0 Å². The van der Waals surface area contributed by atoms with Crippen LogP contribution < -0.4 is 9.30 Å². The van der Waals surface area contributed by atoms with Gasteiger partial charge in [-0.15, -0.1) is 0 Å². The van der Waals surface area contributed by atoms with Crippen molar-refractivity contribution < 1.29 is 43.1 Å². The number of ether oxygens (including phenoxy) is 1. The maximum atomic E-state index is 11.5. The number of aromatic nitrogens is 1. The van der Waals surface area contributed by atoms with Gasteiger partial charge in [0.05, 0.1) is 7.11 Å². The van der Waals surface area contributed by atoms with Crippen LogP contribution in [0.5, 0.6) is 5.75 Å². The molecule has 0 aliphatic heterocycles. The monoisotopic (exact) mass is 390 g/mol. The molecule has 0 radical (unpaired) electrons. The molecule has 0 saturated heterocycles. The van der Waals surface area contributed by atoms with Crippen molar-refractivity contribution >= 4 is 15.2 Å². The molecular formula is C14H18NO8P2+. The van der Waals surface area contributed by atoms with Crippen molar-refractivity contribution in [3.8, 4) is 16.9 Å². The molecule has 2 aromatic rings. The summed E-state index contributed by atoms with van der Waals surface area (Å²) in [5, 5.41) is 6.49. The maximum Gasteiger partial charge on any atom is 0.376 e. The standard InChI is InChI=1S/C14H17NO8P2/c1-23-13-6-4-11(5-7-13)12-3-2-8-15(9-12)10-14(16,24(17,18)19)25(20,21)22/h2-9,16H,10H2,1H3,(H3-,17,18,19,20,21,22)/p+1. The predicted molar refractivity (Wildman–Crippen MR) is 87.7 cm³/mol. The second kappa shape index (κ2) is 6.97. The summed E-state index contributed by atoms with van der Waals surface area (Å²) < 4.78 is 29.1. The second-order valence-electron chi connectivity index (χ2n) is 5.36. The van der Waals surface area contributed by atoms with E-state index in [2.05, 4.69) is 0 Å². The van der Waals surface area contributed by atoms with E-state index in [9.17, 15) is 33.8 Å². The number of aliphatic hydroxyl groups is 1. The molecule has 9 nitrogen and oxygen atoms in total. The molecule has 5 N–H and O–H groups in total. The van der Waals surface area contributed by atoms with Gasteiger partial charge in [0.2, 0.25) is 6.54 Å². The molecule has 11 heteroatoms. The Kier molecular flexibility index (Phi) is 5.51. The summed E-state index contributed by atoms with van der Waals surface area (Å²) in [6.07, 6.45) is 2.75. The molecule has 25 heavy (non-hydrogen) atoms. The number of pyridine rings is 1. The average Bonchev–Trinajstić information content (AvgIpc) is 2.53. The summed E-state index contributed by atoms with van der Waals surface area (Å²) in [5.74, 6) is 0.643. The smallest absolute Gasteiger partial charge is 0.376 e. The molecule has 2 rings (SSSR count). The third-order valence-corrected chi connectivity index (χ3v) is 7.32. The normalized spacial score (nSPS) is 12.9. The first kappa shape index (κ1) is 19.8. The van der Waals surface area contributed by atoms with Crippen molar-refractivity contribution in [2.45, 2.75) is 11.6 Å². The van der Waals surface area contributed by atoms with Crippen LogP contribution in [0.2, 0.25) is 0 Å². The van der Waals surface area contributed by atoms with Crippen molar-refractivity contribution in [1.29, 1.82) is 0 Å². The Balaban J connectivity index is 2.41. The van der Waals surface area contributed by atoms with Crippen LogP contribution >= 0.6 is 15.2 Å². The number of nitrogens with zero attached hydrogens (tertiary/aromatic N) is 1. The van der Waals surface area contributed by atoms with Gasteiger partial charge in [0.25, 0.3) is 0 Å². The van der Waals surface area contributed by atoms with E-state index in [-0.39, 0.29) is 0 Å². The van der Waals surface area contributed by atoms with Crippen molar-refractivity contribution in [3.63, 3.8) is 0 Å². The van der Waals surface area contributed by atoms with Gasteiger partial charge in [0, 0.05) is 11.6 Å². The molecule has 1 aromatic carbocycles. The lowest BCUT2D eigenvalue weighted by Gasteiger charge is -2.26. The van der Waals surface area contributed by atoms with Crippen molar-refractivity contribution in [3.05, 3.63) is 48.8 Å². The lowest BCUT2D eigenvalue weighted by molar-refractivity contribution is -0.703. The lowest BCUT2D eigenvalue weighted by Crippen LogP contribution is -2.47. The third-order valence-electron chi connectivity index (χ3n) is 3.61. The van der Waals surface area contributed by atoms with Gasteiger partial charge < -0.3 is 29.4 Å². The largest absolute Gasteiger partial charge is 0.497 e.